The van der Waals surface area contributed by atoms with Crippen LogP contribution in [0.15, 0.2) is 473 Å². The van der Waals surface area contributed by atoms with Crippen LogP contribution >= 0.6 is 0 Å². The van der Waals surface area contributed by atoms with E-state index < -0.39 is 0 Å². The van der Waals surface area contributed by atoms with Gasteiger partial charge in [0.15, 0.2) is 11.6 Å². The number of fused-ring (bicyclic) bond motifs is 13. The van der Waals surface area contributed by atoms with Crippen LogP contribution in [-0.4, -0.2) is 33.6 Å². The zero-order valence-electron chi connectivity index (χ0n) is 74.2. The first-order chi connectivity index (χ1) is 65.0. The Labute approximate surface area is 768 Å². The lowest BCUT2D eigenvalue weighted by molar-refractivity contribution is 0.993. The van der Waals surface area contributed by atoms with Gasteiger partial charge in [0.25, 0.3) is 0 Å². The number of aromatic nitrogens is 7. The van der Waals surface area contributed by atoms with Crippen LogP contribution in [0.25, 0.3) is 204 Å². The van der Waals surface area contributed by atoms with Crippen molar-refractivity contribution in [3.8, 4) is 95.6 Å². The van der Waals surface area contributed by atoms with Gasteiger partial charge in [-0.1, -0.05) is 382 Å². The Balaban J connectivity index is 0.0000000995. The Morgan fingerprint density at radius 1 is 0.189 bits per heavy atom. The molecule has 0 radical (unpaired) electrons. The molecule has 0 aliphatic rings. The van der Waals surface area contributed by atoms with Crippen LogP contribution in [0.5, 0.6) is 0 Å². The Morgan fingerprint density at radius 3 is 1.14 bits per heavy atom. The summed E-state index contributed by atoms with van der Waals surface area (Å²) in [6, 6.07) is 168. The number of benzene rings is 20. The molecule has 0 aliphatic heterocycles. The maximum atomic E-state index is 4.84. The highest BCUT2D eigenvalue weighted by Crippen LogP contribution is 2.41. The summed E-state index contributed by atoms with van der Waals surface area (Å²) >= 11 is 0. The van der Waals surface area contributed by atoms with Crippen LogP contribution in [0.1, 0.15) is 28.2 Å². The van der Waals surface area contributed by atoms with Crippen LogP contribution < -0.4 is 0 Å². The molecule has 0 atom stereocenters. The van der Waals surface area contributed by atoms with E-state index in [2.05, 4.69) is 494 Å². The summed E-state index contributed by atoms with van der Waals surface area (Å²) in [6.07, 6.45) is 0. The normalized spacial score (nSPS) is 11.2. The molecule has 0 saturated heterocycles. The summed E-state index contributed by atoms with van der Waals surface area (Å²) in [5, 5.41) is 17.6. The summed E-state index contributed by atoms with van der Waals surface area (Å²) < 4.78 is 7.11. The summed E-state index contributed by atoms with van der Waals surface area (Å²) in [5.74, 6) is 2.13. The minimum Gasteiger partial charge on any atom is -0.309 e. The first-order valence-corrected chi connectivity index (χ1v) is 45.1. The number of hydrogen-bond donors (Lipinski definition) is 0. The van der Waals surface area contributed by atoms with E-state index in [9.17, 15) is 0 Å². The van der Waals surface area contributed by atoms with Gasteiger partial charge in [-0.15, -0.1) is 0 Å². The molecule has 7 heteroatoms. The third-order valence-corrected chi connectivity index (χ3v) is 25.2. The Kier molecular flexibility index (Phi) is 22.6. The van der Waals surface area contributed by atoms with E-state index in [1.807, 2.05) is 37.3 Å². The van der Waals surface area contributed by atoms with Gasteiger partial charge in [-0.3, -0.25) is 4.98 Å². The molecule has 0 unspecified atom stereocenters. The zero-order valence-corrected chi connectivity index (χ0v) is 74.2. The zero-order chi connectivity index (χ0) is 89.0. The van der Waals surface area contributed by atoms with E-state index in [1.165, 1.54) is 187 Å². The molecule has 0 bridgehead atoms. The quantitative estimate of drug-likeness (QED) is 0.137. The Bertz CT molecular complexity index is 8310. The molecule has 0 spiro atoms. The molecule has 0 N–H and O–H groups in total. The highest BCUT2D eigenvalue weighted by Gasteiger charge is 2.20. The SMILES string of the molecule is Cc1cc(-c2ccc3ccccc3c2)cc(-c2cccc3ccccc23)n1.Cc1ccc2c(c1)c1ccccc1n2-c1ccc(-c2ccccc2)cc1.Cc1cccc2c1c1ccccc1n2-c1ccc(-c2ccccc2)cc1.Cc1cccc2c3ccccc3n(-c3ccc(-c4ccccc4)cc3)c12.Cc1nc(-c2ccc3ccccc3c2)nc(-c2cccc3ccccc23)n1. The second kappa shape index (κ2) is 36.4. The van der Waals surface area contributed by atoms with E-state index in [0.29, 0.717) is 11.6 Å². The molecule has 0 aliphatic carbocycles. The van der Waals surface area contributed by atoms with Crippen molar-refractivity contribution < 1.29 is 0 Å². The Morgan fingerprint density at radius 2 is 0.568 bits per heavy atom. The number of para-hydroxylation sites is 4. The largest absolute Gasteiger partial charge is 0.309 e. The van der Waals surface area contributed by atoms with Crippen LogP contribution in [-0.2, 0) is 0 Å². The van der Waals surface area contributed by atoms with Gasteiger partial charge in [0, 0.05) is 71.8 Å². The van der Waals surface area contributed by atoms with Crippen molar-refractivity contribution in [2.45, 2.75) is 34.6 Å². The topological polar surface area (TPSA) is 66.3 Å². The lowest BCUT2D eigenvalue weighted by Gasteiger charge is -2.11. The van der Waals surface area contributed by atoms with Crippen LogP contribution in [0, 0.1) is 34.6 Å². The Hall–Kier alpha value is -17.0. The van der Waals surface area contributed by atoms with Gasteiger partial charge in [-0.05, 0) is 230 Å². The van der Waals surface area contributed by atoms with Crippen LogP contribution in [0.2, 0.25) is 0 Å². The smallest absolute Gasteiger partial charge is 0.164 e. The summed E-state index contributed by atoms with van der Waals surface area (Å²) in [6.45, 7) is 10.5. The van der Waals surface area contributed by atoms with Crippen LogP contribution in [0.4, 0.5) is 0 Å². The molecule has 25 aromatic rings. The van der Waals surface area contributed by atoms with Gasteiger partial charge in [-0.2, -0.15) is 0 Å². The number of pyridine rings is 1. The summed E-state index contributed by atoms with van der Waals surface area (Å²) in [5.41, 5.74) is 30.2. The van der Waals surface area contributed by atoms with E-state index in [1.54, 1.807) is 0 Å². The molecule has 0 fully saturated rings. The molecule has 628 valence electrons. The van der Waals surface area contributed by atoms with Crippen molar-refractivity contribution in [1.82, 2.24) is 33.6 Å². The highest BCUT2D eigenvalue weighted by atomic mass is 15.0. The van der Waals surface area contributed by atoms with Gasteiger partial charge in [0.05, 0.1) is 38.8 Å². The predicted molar refractivity (Wildman–Crippen MR) is 558 cm³/mol. The predicted octanol–water partition coefficient (Wildman–Crippen LogP) is 33.1. The lowest BCUT2D eigenvalue weighted by atomic mass is 9.97. The first kappa shape index (κ1) is 82.0. The minimum absolute atomic E-state index is 0.705. The molecular formula is C125H93N7. The second-order valence-corrected chi connectivity index (χ2v) is 33.8. The monoisotopic (exact) mass is 1690 g/mol. The van der Waals surface area contributed by atoms with Gasteiger partial charge in [-0.25, -0.2) is 15.0 Å². The first-order valence-electron chi connectivity index (χ1n) is 45.1. The average Bonchev–Trinajstić information content (AvgIpc) is 1.53. The van der Waals surface area contributed by atoms with E-state index in [4.69, 9.17) is 9.97 Å². The number of nitrogens with zero attached hydrogens (tertiary/aromatic N) is 7. The summed E-state index contributed by atoms with van der Waals surface area (Å²) in [7, 11) is 0. The summed E-state index contributed by atoms with van der Waals surface area (Å²) in [4.78, 5) is 18.9. The fourth-order valence-electron chi connectivity index (χ4n) is 18.9. The molecule has 132 heavy (non-hydrogen) atoms. The van der Waals surface area contributed by atoms with Crippen molar-refractivity contribution >= 4 is 109 Å². The van der Waals surface area contributed by atoms with Crippen molar-refractivity contribution in [3.05, 3.63) is 501 Å². The van der Waals surface area contributed by atoms with E-state index in [-0.39, 0.29) is 0 Å². The van der Waals surface area contributed by atoms with E-state index in [0.717, 1.165) is 33.7 Å². The molecule has 25 rings (SSSR count). The molecule has 5 aromatic heterocycles. The molecular weight excluding hydrogens is 1600 g/mol. The van der Waals surface area contributed by atoms with Gasteiger partial charge >= 0.3 is 0 Å². The molecule has 20 aromatic carbocycles. The van der Waals surface area contributed by atoms with Crippen molar-refractivity contribution in [1.29, 1.82) is 0 Å². The fraction of sp³-hybridized carbons (Fsp3) is 0.0400. The number of aryl methyl sites for hydroxylation is 5. The fourth-order valence-corrected chi connectivity index (χ4v) is 18.9. The average molecular weight is 1690 g/mol. The second-order valence-electron chi connectivity index (χ2n) is 33.8. The third-order valence-electron chi connectivity index (χ3n) is 25.2. The van der Waals surface area contributed by atoms with Gasteiger partial charge < -0.3 is 13.7 Å². The maximum Gasteiger partial charge on any atom is 0.164 e. The third kappa shape index (κ3) is 16.5. The van der Waals surface area contributed by atoms with Crippen molar-refractivity contribution in [2.75, 3.05) is 0 Å². The van der Waals surface area contributed by atoms with Crippen molar-refractivity contribution in [3.63, 3.8) is 0 Å². The maximum absolute atomic E-state index is 4.84. The highest BCUT2D eigenvalue weighted by molar-refractivity contribution is 6.13. The van der Waals surface area contributed by atoms with Gasteiger partial charge in [0.1, 0.15) is 5.82 Å². The van der Waals surface area contributed by atoms with E-state index >= 15 is 0 Å². The van der Waals surface area contributed by atoms with Crippen LogP contribution in [0.3, 0.4) is 0 Å². The van der Waals surface area contributed by atoms with Crippen molar-refractivity contribution in [2.24, 2.45) is 0 Å². The molecule has 0 amide bonds. The number of hydrogen-bond acceptors (Lipinski definition) is 4. The minimum atomic E-state index is 0.705. The standard InChI is InChI=1S/C26H19N.3C25H19N.C24H17N3/c1-18-15-23(22-14-13-19-7-2-3-9-21(19)16-22)17-26(27-18)25-12-6-10-20-8-4-5-11-24(20)25;1-18-8-7-12-23-22-11-5-6-13-24(22)26(25(18)23)21-16-14-20(15-17-21)19-9-3-2-4-10-19;1-18-8-7-13-24-25(18)22-11-5-6-12-23(22)26(24)21-16-14-20(15-17-21)19-9-3-2-4-10-19;1-18-11-16-25-23(17-18)22-9-5-6-10-24(22)26(25)21-14-12-20(13-15-21)19-7-3-2-4-8-19;1-16-25-23(20-14-13-17-7-2-3-9-19(17)15-20)27-24(26-16)22-12-6-10-18-8-4-5-11-21(18)22/h2-17H,1H3;3*2-17H,1H3;2-15H,1H3. The van der Waals surface area contributed by atoms with Gasteiger partial charge in [0.2, 0.25) is 0 Å². The molecule has 5 heterocycles. The lowest BCUT2D eigenvalue weighted by Crippen LogP contribution is -2.00. The molecule has 7 nitrogen and oxygen atoms in total. The molecule has 0 saturated carbocycles. The number of rotatable bonds is 10.